The van der Waals surface area contributed by atoms with Gasteiger partial charge in [0.2, 0.25) is 5.82 Å². The molecule has 1 aliphatic heterocycles. The summed E-state index contributed by atoms with van der Waals surface area (Å²) in [7, 11) is 0. The lowest BCUT2D eigenvalue weighted by atomic mass is 9.90. The van der Waals surface area contributed by atoms with E-state index < -0.39 is 0 Å². The molecule has 6 heteroatoms. The second kappa shape index (κ2) is 5.52. The molecule has 2 heterocycles. The Hall–Kier alpha value is -1.69. The summed E-state index contributed by atoms with van der Waals surface area (Å²) in [6.07, 6.45) is 1.84. The highest BCUT2D eigenvalue weighted by atomic mass is 16.6. The smallest absolute Gasteiger partial charge is 0.311 e. The molecule has 0 aromatic carbocycles. The van der Waals surface area contributed by atoms with Crippen LogP contribution >= 0.6 is 0 Å². The predicted molar refractivity (Wildman–Crippen MR) is 74.2 cm³/mol. The molecule has 0 bridgehead atoms. The number of piperidine rings is 1. The number of rotatable bonds is 3. The number of nitro groups is 1. The molecule has 0 spiro atoms. The number of anilines is 1. The number of hydrogen-bond acceptors (Lipinski definition) is 5. The fourth-order valence-electron chi connectivity index (χ4n) is 2.59. The number of hydrogen-bond donors (Lipinski definition) is 1. The summed E-state index contributed by atoms with van der Waals surface area (Å²) in [5, 5.41) is 11.1. The van der Waals surface area contributed by atoms with Gasteiger partial charge in [-0.05, 0) is 25.3 Å². The normalized spacial score (nSPS) is 23.4. The van der Waals surface area contributed by atoms with Crippen molar-refractivity contribution in [1.82, 2.24) is 4.98 Å². The zero-order valence-corrected chi connectivity index (χ0v) is 11.4. The van der Waals surface area contributed by atoms with Crippen molar-refractivity contribution in [2.45, 2.75) is 32.7 Å². The third-order valence-corrected chi connectivity index (χ3v) is 3.81. The van der Waals surface area contributed by atoms with Gasteiger partial charge in [0.15, 0.2) is 0 Å². The molecule has 2 rings (SSSR count). The van der Waals surface area contributed by atoms with Crippen LogP contribution in [-0.4, -0.2) is 29.0 Å². The van der Waals surface area contributed by atoms with Crippen LogP contribution in [-0.2, 0) is 0 Å². The Morgan fingerprint density at radius 2 is 2.32 bits per heavy atom. The Morgan fingerprint density at radius 1 is 1.58 bits per heavy atom. The molecule has 19 heavy (non-hydrogen) atoms. The fourth-order valence-corrected chi connectivity index (χ4v) is 2.59. The van der Waals surface area contributed by atoms with Gasteiger partial charge in [-0.3, -0.25) is 10.1 Å². The average molecular weight is 264 g/mol. The van der Waals surface area contributed by atoms with Crippen molar-refractivity contribution in [3.63, 3.8) is 0 Å². The summed E-state index contributed by atoms with van der Waals surface area (Å²) in [5.41, 5.74) is 6.95. The van der Waals surface area contributed by atoms with Crippen molar-refractivity contribution >= 4 is 11.5 Å². The standard InChI is InChI=1S/C13H20N4O2/c1-3-10-8-16(7-6-11(10)14)13-12(17(18)19)5-4-9(2)15-13/h4-5,10-11H,3,6-8,14H2,1-2H3. The second-order valence-corrected chi connectivity index (χ2v) is 5.12. The minimum Gasteiger partial charge on any atom is -0.350 e. The van der Waals surface area contributed by atoms with Crippen LogP contribution < -0.4 is 10.6 Å². The first kappa shape index (κ1) is 13.7. The Kier molecular flexibility index (Phi) is 3.99. The quantitative estimate of drug-likeness (QED) is 0.665. The SMILES string of the molecule is CCC1CN(c2nc(C)ccc2[N+](=O)[O-])CCC1N. The second-order valence-electron chi connectivity index (χ2n) is 5.12. The zero-order chi connectivity index (χ0) is 14.0. The number of aromatic nitrogens is 1. The molecule has 2 N–H and O–H groups in total. The lowest BCUT2D eigenvalue weighted by molar-refractivity contribution is -0.384. The van der Waals surface area contributed by atoms with Gasteiger partial charge in [-0.1, -0.05) is 13.3 Å². The number of aryl methyl sites for hydroxylation is 1. The van der Waals surface area contributed by atoms with Crippen LogP contribution in [0, 0.1) is 23.0 Å². The first-order valence-corrected chi connectivity index (χ1v) is 6.65. The highest BCUT2D eigenvalue weighted by molar-refractivity contribution is 5.58. The van der Waals surface area contributed by atoms with Gasteiger partial charge in [-0.2, -0.15) is 0 Å². The number of nitrogens with zero attached hydrogens (tertiary/aromatic N) is 3. The molecule has 104 valence electrons. The summed E-state index contributed by atoms with van der Waals surface area (Å²) in [5.74, 6) is 0.853. The zero-order valence-electron chi connectivity index (χ0n) is 11.4. The van der Waals surface area contributed by atoms with E-state index in [0.29, 0.717) is 11.7 Å². The van der Waals surface area contributed by atoms with Crippen molar-refractivity contribution in [2.75, 3.05) is 18.0 Å². The monoisotopic (exact) mass is 264 g/mol. The summed E-state index contributed by atoms with van der Waals surface area (Å²) in [6.45, 7) is 5.43. The first-order valence-electron chi connectivity index (χ1n) is 6.65. The van der Waals surface area contributed by atoms with E-state index in [2.05, 4.69) is 11.9 Å². The molecule has 0 aliphatic carbocycles. The Bertz CT molecular complexity index is 478. The fraction of sp³-hybridized carbons (Fsp3) is 0.615. The Balaban J connectivity index is 2.31. The van der Waals surface area contributed by atoms with Crippen LogP contribution in [0.5, 0.6) is 0 Å². The molecule has 1 aromatic rings. The van der Waals surface area contributed by atoms with E-state index in [1.165, 1.54) is 6.07 Å². The molecule has 6 nitrogen and oxygen atoms in total. The van der Waals surface area contributed by atoms with Crippen LogP contribution in [0.2, 0.25) is 0 Å². The maximum atomic E-state index is 11.1. The van der Waals surface area contributed by atoms with E-state index in [4.69, 9.17) is 5.73 Å². The summed E-state index contributed by atoms with van der Waals surface area (Å²) in [4.78, 5) is 17.1. The van der Waals surface area contributed by atoms with Crippen LogP contribution in [0.4, 0.5) is 11.5 Å². The lowest BCUT2D eigenvalue weighted by Crippen LogP contribution is -2.47. The van der Waals surface area contributed by atoms with Crippen molar-refractivity contribution in [2.24, 2.45) is 11.7 Å². The van der Waals surface area contributed by atoms with E-state index in [0.717, 1.165) is 31.6 Å². The molecule has 0 radical (unpaired) electrons. The molecule has 1 aromatic heterocycles. The third-order valence-electron chi connectivity index (χ3n) is 3.81. The predicted octanol–water partition coefficient (Wildman–Crippen LogP) is 1.86. The molecular formula is C13H20N4O2. The van der Waals surface area contributed by atoms with Gasteiger partial charge in [-0.25, -0.2) is 4.98 Å². The molecule has 1 saturated heterocycles. The molecular weight excluding hydrogens is 244 g/mol. The number of pyridine rings is 1. The molecule has 1 aliphatic rings. The van der Waals surface area contributed by atoms with Crippen LogP contribution in [0.3, 0.4) is 0 Å². The minimum atomic E-state index is -0.364. The van der Waals surface area contributed by atoms with Crippen molar-refractivity contribution < 1.29 is 4.92 Å². The maximum absolute atomic E-state index is 11.1. The van der Waals surface area contributed by atoms with Gasteiger partial charge in [-0.15, -0.1) is 0 Å². The Labute approximate surface area is 112 Å². The molecule has 1 fully saturated rings. The van der Waals surface area contributed by atoms with E-state index >= 15 is 0 Å². The number of nitrogens with two attached hydrogens (primary N) is 1. The van der Waals surface area contributed by atoms with Crippen molar-refractivity contribution in [3.05, 3.63) is 27.9 Å². The topological polar surface area (TPSA) is 85.3 Å². The molecule has 0 saturated carbocycles. The maximum Gasteiger partial charge on any atom is 0.311 e. The highest BCUT2D eigenvalue weighted by Crippen LogP contribution is 2.30. The molecule has 2 unspecified atom stereocenters. The minimum absolute atomic E-state index is 0.0796. The largest absolute Gasteiger partial charge is 0.350 e. The van der Waals surface area contributed by atoms with Crippen molar-refractivity contribution in [3.8, 4) is 0 Å². The van der Waals surface area contributed by atoms with Gasteiger partial charge in [0.25, 0.3) is 0 Å². The first-order chi connectivity index (χ1) is 9.02. The van der Waals surface area contributed by atoms with Gasteiger partial charge in [0.05, 0.1) is 4.92 Å². The average Bonchev–Trinajstić information content (AvgIpc) is 2.38. The van der Waals surface area contributed by atoms with Gasteiger partial charge < -0.3 is 10.6 Å². The van der Waals surface area contributed by atoms with Gasteiger partial charge >= 0.3 is 5.69 Å². The Morgan fingerprint density at radius 3 is 2.95 bits per heavy atom. The summed E-state index contributed by atoms with van der Waals surface area (Å²) >= 11 is 0. The van der Waals surface area contributed by atoms with Crippen LogP contribution in [0.15, 0.2) is 12.1 Å². The highest BCUT2D eigenvalue weighted by Gasteiger charge is 2.29. The van der Waals surface area contributed by atoms with Crippen molar-refractivity contribution in [1.29, 1.82) is 0 Å². The van der Waals surface area contributed by atoms with Crippen LogP contribution in [0.25, 0.3) is 0 Å². The van der Waals surface area contributed by atoms with Crippen LogP contribution in [0.1, 0.15) is 25.5 Å². The molecule has 0 amide bonds. The van der Waals surface area contributed by atoms with Gasteiger partial charge in [0, 0.05) is 30.9 Å². The summed E-state index contributed by atoms with van der Waals surface area (Å²) < 4.78 is 0. The lowest BCUT2D eigenvalue weighted by Gasteiger charge is -2.36. The van der Waals surface area contributed by atoms with E-state index in [-0.39, 0.29) is 16.7 Å². The van der Waals surface area contributed by atoms with Gasteiger partial charge in [0.1, 0.15) is 0 Å². The summed E-state index contributed by atoms with van der Waals surface area (Å²) in [6, 6.07) is 3.40. The van der Waals surface area contributed by atoms with E-state index in [1.54, 1.807) is 6.07 Å². The third kappa shape index (κ3) is 2.84. The van der Waals surface area contributed by atoms with E-state index in [1.807, 2.05) is 11.8 Å². The van der Waals surface area contributed by atoms with E-state index in [9.17, 15) is 10.1 Å². The molecule has 2 atom stereocenters.